The number of benzene rings is 2. The van der Waals surface area contributed by atoms with E-state index in [0.29, 0.717) is 5.75 Å². The van der Waals surface area contributed by atoms with Crippen molar-refractivity contribution in [3.8, 4) is 11.5 Å². The van der Waals surface area contributed by atoms with Crippen molar-refractivity contribution >= 4 is 12.1 Å². The van der Waals surface area contributed by atoms with Gasteiger partial charge < -0.3 is 9.47 Å². The molecule has 0 saturated heterocycles. The number of hydrogen-bond donors (Lipinski definition) is 1. The number of methoxy groups -OCH3 is 1. The molecule has 1 amide bonds. The highest BCUT2D eigenvalue weighted by atomic mass is 16.5. The molecule has 0 aromatic heterocycles. The maximum atomic E-state index is 11.7. The second-order valence-corrected chi connectivity index (χ2v) is 5.13. The molecule has 0 spiro atoms. The molecule has 0 aliphatic heterocycles. The molecule has 0 bridgehead atoms. The van der Waals surface area contributed by atoms with Crippen LogP contribution >= 0.6 is 0 Å². The fourth-order valence-electron chi connectivity index (χ4n) is 2.05. The zero-order valence-electron chi connectivity index (χ0n) is 13.5. The van der Waals surface area contributed by atoms with E-state index in [1.165, 1.54) is 0 Å². The van der Waals surface area contributed by atoms with Gasteiger partial charge in [-0.1, -0.05) is 12.1 Å². The number of hydrazone groups is 1. The zero-order valence-corrected chi connectivity index (χ0v) is 13.5. The van der Waals surface area contributed by atoms with Crippen LogP contribution in [0.2, 0.25) is 0 Å². The number of nitrogens with zero attached hydrogens (tertiary/aromatic N) is 1. The van der Waals surface area contributed by atoms with Crippen molar-refractivity contribution in [2.24, 2.45) is 5.10 Å². The van der Waals surface area contributed by atoms with Crippen LogP contribution in [0.25, 0.3) is 0 Å². The van der Waals surface area contributed by atoms with Crippen LogP contribution in [0.5, 0.6) is 11.5 Å². The van der Waals surface area contributed by atoms with Crippen LogP contribution in [-0.2, 0) is 4.79 Å². The van der Waals surface area contributed by atoms with Gasteiger partial charge in [-0.05, 0) is 60.9 Å². The minimum atomic E-state index is -0.312. The van der Waals surface area contributed by atoms with Crippen molar-refractivity contribution in [3.05, 3.63) is 59.2 Å². The van der Waals surface area contributed by atoms with Gasteiger partial charge in [-0.2, -0.15) is 5.10 Å². The summed E-state index contributed by atoms with van der Waals surface area (Å²) in [5.41, 5.74) is 5.40. The Bertz CT molecular complexity index is 711. The number of ether oxygens (including phenoxy) is 2. The predicted molar refractivity (Wildman–Crippen MR) is 90.1 cm³/mol. The number of amides is 1. The first kappa shape index (κ1) is 16.5. The molecule has 2 aromatic carbocycles. The molecule has 23 heavy (non-hydrogen) atoms. The Balaban J connectivity index is 1.83. The number of hydrogen-bond acceptors (Lipinski definition) is 4. The lowest BCUT2D eigenvalue weighted by molar-refractivity contribution is -0.123. The monoisotopic (exact) mass is 312 g/mol. The standard InChI is InChI=1S/C18H20N2O3/c1-13-5-4-6-16(9-13)23-12-18(21)20-19-11-15-7-8-17(22-3)14(2)10-15/h4-11H,12H2,1-3H3,(H,20,21)/b19-11+. The third-order valence-electron chi connectivity index (χ3n) is 3.18. The Kier molecular flexibility index (Phi) is 5.74. The number of aryl methyl sites for hydroxylation is 2. The SMILES string of the molecule is COc1ccc(/C=N/NC(=O)COc2cccc(C)c2)cc1C. The van der Waals surface area contributed by atoms with Crippen LogP contribution in [0.3, 0.4) is 0 Å². The normalized spacial score (nSPS) is 10.6. The van der Waals surface area contributed by atoms with Crippen molar-refractivity contribution < 1.29 is 14.3 Å². The van der Waals surface area contributed by atoms with Crippen molar-refractivity contribution in [2.45, 2.75) is 13.8 Å². The molecule has 0 aliphatic rings. The van der Waals surface area contributed by atoms with Crippen LogP contribution in [0.4, 0.5) is 0 Å². The third-order valence-corrected chi connectivity index (χ3v) is 3.18. The van der Waals surface area contributed by atoms with Crippen molar-refractivity contribution in [1.29, 1.82) is 0 Å². The Morgan fingerprint density at radius 3 is 2.74 bits per heavy atom. The molecule has 0 fully saturated rings. The molecule has 120 valence electrons. The van der Waals surface area contributed by atoms with E-state index < -0.39 is 0 Å². The van der Waals surface area contributed by atoms with Gasteiger partial charge in [0, 0.05) is 0 Å². The van der Waals surface area contributed by atoms with E-state index in [0.717, 1.165) is 22.4 Å². The highest BCUT2D eigenvalue weighted by Crippen LogP contribution is 2.17. The summed E-state index contributed by atoms with van der Waals surface area (Å²) in [5, 5.41) is 3.92. The van der Waals surface area contributed by atoms with Gasteiger partial charge in [-0.25, -0.2) is 5.43 Å². The van der Waals surface area contributed by atoms with E-state index in [-0.39, 0.29) is 12.5 Å². The number of nitrogens with one attached hydrogen (secondary N) is 1. The molecule has 5 nitrogen and oxygen atoms in total. The van der Waals surface area contributed by atoms with E-state index >= 15 is 0 Å². The highest BCUT2D eigenvalue weighted by Gasteiger charge is 2.02. The lowest BCUT2D eigenvalue weighted by Crippen LogP contribution is -2.24. The molecule has 2 aromatic rings. The first-order valence-corrected chi connectivity index (χ1v) is 7.24. The van der Waals surface area contributed by atoms with Gasteiger partial charge in [0.25, 0.3) is 5.91 Å². The van der Waals surface area contributed by atoms with E-state index in [2.05, 4.69) is 10.5 Å². The summed E-state index contributed by atoms with van der Waals surface area (Å²) in [5.74, 6) is 1.17. The fourth-order valence-corrected chi connectivity index (χ4v) is 2.05. The van der Waals surface area contributed by atoms with Gasteiger partial charge >= 0.3 is 0 Å². The maximum Gasteiger partial charge on any atom is 0.277 e. The largest absolute Gasteiger partial charge is 0.496 e. The smallest absolute Gasteiger partial charge is 0.277 e. The van der Waals surface area contributed by atoms with Crippen LogP contribution < -0.4 is 14.9 Å². The van der Waals surface area contributed by atoms with Crippen LogP contribution in [-0.4, -0.2) is 25.8 Å². The lowest BCUT2D eigenvalue weighted by atomic mass is 10.1. The quantitative estimate of drug-likeness (QED) is 0.659. The van der Waals surface area contributed by atoms with Gasteiger partial charge in [0.1, 0.15) is 11.5 Å². The third kappa shape index (κ3) is 5.14. The van der Waals surface area contributed by atoms with E-state index in [9.17, 15) is 4.79 Å². The summed E-state index contributed by atoms with van der Waals surface area (Å²) in [7, 11) is 1.63. The zero-order chi connectivity index (χ0) is 16.7. The van der Waals surface area contributed by atoms with E-state index in [4.69, 9.17) is 9.47 Å². The molecule has 5 heteroatoms. The van der Waals surface area contributed by atoms with Crippen LogP contribution in [0, 0.1) is 13.8 Å². The molecule has 2 rings (SSSR count). The van der Waals surface area contributed by atoms with Gasteiger partial charge in [-0.15, -0.1) is 0 Å². The van der Waals surface area contributed by atoms with Gasteiger partial charge in [0.2, 0.25) is 0 Å². The van der Waals surface area contributed by atoms with Gasteiger partial charge in [0.05, 0.1) is 13.3 Å². The Labute approximate surface area is 135 Å². The maximum absolute atomic E-state index is 11.7. The van der Waals surface area contributed by atoms with Crippen molar-refractivity contribution in [1.82, 2.24) is 5.43 Å². The summed E-state index contributed by atoms with van der Waals surface area (Å²) in [6, 6.07) is 13.2. The second-order valence-electron chi connectivity index (χ2n) is 5.13. The summed E-state index contributed by atoms with van der Waals surface area (Å²) >= 11 is 0. The predicted octanol–water partition coefficient (Wildman–Crippen LogP) is 2.84. The molecular formula is C18H20N2O3. The first-order valence-electron chi connectivity index (χ1n) is 7.24. The van der Waals surface area contributed by atoms with E-state index in [1.807, 2.05) is 56.3 Å². The summed E-state index contributed by atoms with van der Waals surface area (Å²) in [4.78, 5) is 11.7. The molecular weight excluding hydrogens is 292 g/mol. The Hall–Kier alpha value is -2.82. The fraction of sp³-hybridized carbons (Fsp3) is 0.222. The number of rotatable bonds is 6. The molecule has 0 unspecified atom stereocenters. The lowest BCUT2D eigenvalue weighted by Gasteiger charge is -2.06. The van der Waals surface area contributed by atoms with Crippen LogP contribution in [0.1, 0.15) is 16.7 Å². The average Bonchev–Trinajstić information content (AvgIpc) is 2.53. The minimum absolute atomic E-state index is 0.0809. The minimum Gasteiger partial charge on any atom is -0.496 e. The summed E-state index contributed by atoms with van der Waals surface area (Å²) in [6.45, 7) is 3.83. The average molecular weight is 312 g/mol. The first-order chi connectivity index (χ1) is 11.1. The molecule has 0 atom stereocenters. The molecule has 0 saturated carbocycles. The highest BCUT2D eigenvalue weighted by molar-refractivity contribution is 5.83. The Morgan fingerprint density at radius 2 is 2.04 bits per heavy atom. The molecule has 0 radical (unpaired) electrons. The van der Waals surface area contributed by atoms with Crippen LogP contribution in [0.15, 0.2) is 47.6 Å². The van der Waals surface area contributed by atoms with Gasteiger partial charge in [0.15, 0.2) is 6.61 Å². The second kappa shape index (κ2) is 7.98. The van der Waals surface area contributed by atoms with E-state index in [1.54, 1.807) is 13.3 Å². The van der Waals surface area contributed by atoms with Crippen molar-refractivity contribution in [3.63, 3.8) is 0 Å². The Morgan fingerprint density at radius 1 is 1.22 bits per heavy atom. The number of carbonyl (C=O) groups excluding carboxylic acids is 1. The summed E-state index contributed by atoms with van der Waals surface area (Å²) in [6.07, 6.45) is 1.58. The van der Waals surface area contributed by atoms with Crippen molar-refractivity contribution in [2.75, 3.05) is 13.7 Å². The molecule has 0 aliphatic carbocycles. The molecule has 0 heterocycles. The number of carbonyl (C=O) groups is 1. The molecule has 1 N–H and O–H groups in total. The topological polar surface area (TPSA) is 59.9 Å². The summed E-state index contributed by atoms with van der Waals surface area (Å²) < 4.78 is 10.6. The van der Waals surface area contributed by atoms with Gasteiger partial charge in [-0.3, -0.25) is 4.79 Å².